The number of ether oxygens (including phenoxy) is 2. The van der Waals surface area contributed by atoms with Crippen molar-refractivity contribution in [2.75, 3.05) is 14.2 Å². The fourth-order valence-corrected chi connectivity index (χ4v) is 2.05. The monoisotopic (exact) mass is 255 g/mol. The van der Waals surface area contributed by atoms with Crippen molar-refractivity contribution in [1.82, 2.24) is 15.0 Å². The zero-order valence-corrected chi connectivity index (χ0v) is 10.7. The number of hydrogen-bond acceptors (Lipinski definition) is 4. The van der Waals surface area contributed by atoms with Crippen molar-refractivity contribution in [3.63, 3.8) is 0 Å². The number of aromatic amines is 1. The molecule has 0 fully saturated rings. The lowest BCUT2D eigenvalue weighted by Gasteiger charge is -2.10. The van der Waals surface area contributed by atoms with Crippen LogP contribution in [-0.4, -0.2) is 29.2 Å². The highest BCUT2D eigenvalue weighted by molar-refractivity contribution is 5.78. The molecule has 2 aromatic heterocycles. The lowest BCUT2D eigenvalue weighted by molar-refractivity contribution is 0.356. The van der Waals surface area contributed by atoms with Crippen LogP contribution in [0.2, 0.25) is 0 Å². The highest BCUT2D eigenvalue weighted by Gasteiger charge is 2.14. The number of nitrogens with zero attached hydrogens (tertiary/aromatic N) is 2. The van der Waals surface area contributed by atoms with E-state index in [-0.39, 0.29) is 0 Å². The Balaban J connectivity index is 2.20. The average molecular weight is 255 g/mol. The minimum Gasteiger partial charge on any atom is -0.493 e. The molecule has 1 aromatic carbocycles. The summed E-state index contributed by atoms with van der Waals surface area (Å²) in [5, 5.41) is 0. The van der Waals surface area contributed by atoms with Gasteiger partial charge in [-0.1, -0.05) is 6.07 Å². The van der Waals surface area contributed by atoms with Crippen LogP contribution < -0.4 is 9.47 Å². The fraction of sp³-hybridized carbons (Fsp3) is 0.143. The third kappa shape index (κ3) is 1.89. The van der Waals surface area contributed by atoms with Crippen LogP contribution in [0.25, 0.3) is 22.6 Å². The summed E-state index contributed by atoms with van der Waals surface area (Å²) in [4.78, 5) is 11.9. The van der Waals surface area contributed by atoms with Crippen molar-refractivity contribution in [2.45, 2.75) is 0 Å². The fourth-order valence-electron chi connectivity index (χ4n) is 2.05. The first-order valence-corrected chi connectivity index (χ1v) is 5.85. The van der Waals surface area contributed by atoms with Crippen LogP contribution in [0.15, 0.2) is 36.5 Å². The van der Waals surface area contributed by atoms with Crippen LogP contribution >= 0.6 is 0 Å². The second-order valence-corrected chi connectivity index (χ2v) is 4.00. The van der Waals surface area contributed by atoms with Crippen molar-refractivity contribution in [2.24, 2.45) is 0 Å². The summed E-state index contributed by atoms with van der Waals surface area (Å²) in [7, 11) is 3.23. The lowest BCUT2D eigenvalue weighted by atomic mass is 10.1. The van der Waals surface area contributed by atoms with Gasteiger partial charge in [-0.15, -0.1) is 0 Å². The Morgan fingerprint density at radius 2 is 1.95 bits per heavy atom. The number of nitrogens with one attached hydrogen (secondary N) is 1. The van der Waals surface area contributed by atoms with Crippen LogP contribution in [0, 0.1) is 0 Å². The van der Waals surface area contributed by atoms with E-state index in [1.807, 2.05) is 30.3 Å². The van der Waals surface area contributed by atoms with Crippen molar-refractivity contribution < 1.29 is 9.47 Å². The number of fused-ring (bicyclic) bond motifs is 1. The zero-order chi connectivity index (χ0) is 13.2. The minimum absolute atomic E-state index is 0.657. The first kappa shape index (κ1) is 11.5. The molecule has 1 N–H and O–H groups in total. The van der Waals surface area contributed by atoms with Gasteiger partial charge < -0.3 is 14.5 Å². The SMILES string of the molecule is COc1cccc(-c2nc3ncccc3[nH]2)c1OC. The Kier molecular flexibility index (Phi) is 2.79. The number of para-hydroxylation sites is 1. The van der Waals surface area contributed by atoms with Gasteiger partial charge in [-0.2, -0.15) is 0 Å². The van der Waals surface area contributed by atoms with Crippen molar-refractivity contribution >= 4 is 11.2 Å². The van der Waals surface area contributed by atoms with Gasteiger partial charge in [-0.25, -0.2) is 9.97 Å². The molecule has 0 bridgehead atoms. The minimum atomic E-state index is 0.657. The van der Waals surface area contributed by atoms with Crippen LogP contribution in [0.4, 0.5) is 0 Å². The Labute approximate surface area is 110 Å². The summed E-state index contributed by atoms with van der Waals surface area (Å²) in [6, 6.07) is 9.48. The molecule has 0 saturated heterocycles. The zero-order valence-electron chi connectivity index (χ0n) is 10.7. The average Bonchev–Trinajstić information content (AvgIpc) is 2.89. The predicted octanol–water partition coefficient (Wildman–Crippen LogP) is 2.64. The van der Waals surface area contributed by atoms with Crippen molar-refractivity contribution in [3.8, 4) is 22.9 Å². The highest BCUT2D eigenvalue weighted by Crippen LogP contribution is 2.36. The summed E-state index contributed by atoms with van der Waals surface area (Å²) >= 11 is 0. The van der Waals surface area contributed by atoms with Gasteiger partial charge in [0.05, 0.1) is 25.3 Å². The van der Waals surface area contributed by atoms with Gasteiger partial charge in [0.25, 0.3) is 0 Å². The molecule has 3 aromatic rings. The normalized spacial score (nSPS) is 10.6. The maximum Gasteiger partial charge on any atom is 0.178 e. The summed E-state index contributed by atoms with van der Waals surface area (Å²) in [6.07, 6.45) is 1.72. The van der Waals surface area contributed by atoms with Gasteiger partial charge in [-0.3, -0.25) is 0 Å². The van der Waals surface area contributed by atoms with Gasteiger partial charge in [-0.05, 0) is 24.3 Å². The van der Waals surface area contributed by atoms with Crippen LogP contribution in [0.1, 0.15) is 0 Å². The third-order valence-electron chi connectivity index (χ3n) is 2.92. The molecule has 0 saturated carbocycles. The van der Waals surface area contributed by atoms with E-state index in [1.54, 1.807) is 20.4 Å². The Morgan fingerprint density at radius 1 is 1.05 bits per heavy atom. The maximum atomic E-state index is 5.41. The first-order valence-electron chi connectivity index (χ1n) is 5.85. The molecule has 0 spiro atoms. The molecule has 96 valence electrons. The number of aromatic nitrogens is 3. The number of benzene rings is 1. The maximum absolute atomic E-state index is 5.41. The summed E-state index contributed by atoms with van der Waals surface area (Å²) in [5.74, 6) is 2.04. The van der Waals surface area contributed by atoms with Crippen LogP contribution in [0.5, 0.6) is 11.5 Å². The number of rotatable bonds is 3. The Hall–Kier alpha value is -2.56. The topological polar surface area (TPSA) is 60.0 Å². The van der Waals surface area contributed by atoms with Gasteiger partial charge in [0.1, 0.15) is 5.82 Å². The number of hydrogen-bond donors (Lipinski definition) is 1. The van der Waals surface area contributed by atoms with Gasteiger partial charge in [0.15, 0.2) is 17.1 Å². The molecule has 3 rings (SSSR count). The van der Waals surface area contributed by atoms with Gasteiger partial charge >= 0.3 is 0 Å². The third-order valence-corrected chi connectivity index (χ3v) is 2.92. The molecule has 5 nitrogen and oxygen atoms in total. The molecule has 0 aliphatic carbocycles. The lowest BCUT2D eigenvalue weighted by Crippen LogP contribution is -1.93. The van der Waals surface area contributed by atoms with E-state index < -0.39 is 0 Å². The Bertz CT molecular complexity index is 689. The van der Waals surface area contributed by atoms with Crippen molar-refractivity contribution in [3.05, 3.63) is 36.5 Å². The quantitative estimate of drug-likeness (QED) is 0.781. The van der Waals surface area contributed by atoms with Crippen LogP contribution in [-0.2, 0) is 0 Å². The molecule has 0 aliphatic rings. The predicted molar refractivity (Wildman–Crippen MR) is 72.4 cm³/mol. The standard InChI is InChI=1S/C14H13N3O2/c1-18-11-7-3-5-9(12(11)19-2)13-16-10-6-4-8-15-14(10)17-13/h3-8H,1-2H3,(H,15,16,17). The summed E-state index contributed by atoms with van der Waals surface area (Å²) in [5.41, 5.74) is 2.42. The molecule has 0 radical (unpaired) electrons. The Morgan fingerprint density at radius 3 is 2.68 bits per heavy atom. The van der Waals surface area contributed by atoms with Crippen molar-refractivity contribution in [1.29, 1.82) is 0 Å². The number of imidazole rings is 1. The molecule has 0 amide bonds. The first-order chi connectivity index (χ1) is 9.33. The van der Waals surface area contributed by atoms with E-state index in [0.29, 0.717) is 23.0 Å². The van der Waals surface area contributed by atoms with E-state index in [4.69, 9.17) is 9.47 Å². The highest BCUT2D eigenvalue weighted by atomic mass is 16.5. The summed E-state index contributed by atoms with van der Waals surface area (Å²) < 4.78 is 10.7. The smallest absolute Gasteiger partial charge is 0.178 e. The van der Waals surface area contributed by atoms with E-state index in [0.717, 1.165) is 11.1 Å². The number of H-pyrrole nitrogens is 1. The molecule has 19 heavy (non-hydrogen) atoms. The molecule has 5 heteroatoms. The van der Waals surface area contributed by atoms with E-state index >= 15 is 0 Å². The number of methoxy groups -OCH3 is 2. The summed E-state index contributed by atoms with van der Waals surface area (Å²) in [6.45, 7) is 0. The van der Waals surface area contributed by atoms with Gasteiger partial charge in [0, 0.05) is 6.20 Å². The molecule has 2 heterocycles. The van der Waals surface area contributed by atoms with E-state index in [2.05, 4.69) is 15.0 Å². The molecule has 0 aliphatic heterocycles. The van der Waals surface area contributed by atoms with Crippen LogP contribution in [0.3, 0.4) is 0 Å². The van der Waals surface area contributed by atoms with E-state index in [9.17, 15) is 0 Å². The molecular formula is C14H13N3O2. The number of pyridine rings is 1. The van der Waals surface area contributed by atoms with Gasteiger partial charge in [0.2, 0.25) is 0 Å². The molecular weight excluding hydrogens is 242 g/mol. The second kappa shape index (κ2) is 4.61. The second-order valence-electron chi connectivity index (χ2n) is 4.00. The molecule has 0 unspecified atom stereocenters. The largest absolute Gasteiger partial charge is 0.493 e. The van der Waals surface area contributed by atoms with E-state index in [1.165, 1.54) is 0 Å². The molecule has 0 atom stereocenters.